The van der Waals surface area contributed by atoms with E-state index < -0.39 is 22.6 Å². The Hall–Kier alpha value is -3.69. The monoisotopic (exact) mass is 650 g/mol. The highest BCUT2D eigenvalue weighted by Gasteiger charge is 2.30. The first-order valence-electron chi connectivity index (χ1n) is 14.0. The summed E-state index contributed by atoms with van der Waals surface area (Å²) in [5.74, 6) is 6.09. The molecule has 1 amide bonds. The van der Waals surface area contributed by atoms with Gasteiger partial charge in [-0.25, -0.2) is 8.42 Å². The Bertz CT molecular complexity index is 1630. The molecule has 0 atom stereocenters. The Morgan fingerprint density at radius 1 is 1.07 bits per heavy atom. The van der Waals surface area contributed by atoms with Gasteiger partial charge in [0.05, 0.1) is 41.1 Å². The van der Waals surface area contributed by atoms with Crippen LogP contribution < -0.4 is 15.4 Å². The smallest absolute Gasteiger partial charge is 0.406 e. The first kappa shape index (κ1) is 37.5. The number of nitrogens with one attached hydrogen (secondary N) is 2. The SMILES string of the molecule is C.C.COc1cc(S(C)(=O)=O)ccc1NCC#Cc1cc2c(NC(=O)CC3CCC(N(C)C)CC3)cccc2n1CC(F)(F)F. The van der Waals surface area contributed by atoms with Gasteiger partial charge in [0, 0.05) is 30.2 Å². The Balaban J connectivity index is 0.00000353. The van der Waals surface area contributed by atoms with Crippen molar-refractivity contribution in [1.82, 2.24) is 9.47 Å². The molecule has 1 saturated carbocycles. The zero-order valence-corrected chi connectivity index (χ0v) is 25.5. The van der Waals surface area contributed by atoms with Gasteiger partial charge in [-0.15, -0.1) is 0 Å². The van der Waals surface area contributed by atoms with Gasteiger partial charge in [0.15, 0.2) is 9.84 Å². The van der Waals surface area contributed by atoms with Gasteiger partial charge in [-0.05, 0) is 81.9 Å². The van der Waals surface area contributed by atoms with Crippen LogP contribution in [0.3, 0.4) is 0 Å². The second-order valence-corrected chi connectivity index (χ2v) is 13.2. The molecule has 12 heteroatoms. The Labute approximate surface area is 265 Å². The maximum absolute atomic E-state index is 13.6. The molecule has 2 aromatic carbocycles. The molecule has 248 valence electrons. The largest absolute Gasteiger partial charge is 0.495 e. The quantitative estimate of drug-likeness (QED) is 0.248. The first-order chi connectivity index (χ1) is 20.2. The molecule has 2 N–H and O–H groups in total. The third kappa shape index (κ3) is 9.90. The van der Waals surface area contributed by atoms with Crippen LogP contribution in [0.1, 0.15) is 52.7 Å². The highest BCUT2D eigenvalue weighted by Crippen LogP contribution is 2.32. The lowest BCUT2D eigenvalue weighted by atomic mass is 9.83. The molecule has 0 aliphatic heterocycles. The van der Waals surface area contributed by atoms with Gasteiger partial charge in [0.2, 0.25) is 5.91 Å². The van der Waals surface area contributed by atoms with Crippen molar-refractivity contribution in [2.45, 2.75) is 70.6 Å². The van der Waals surface area contributed by atoms with Crippen molar-refractivity contribution in [1.29, 1.82) is 0 Å². The maximum atomic E-state index is 13.6. The molecule has 1 aromatic heterocycles. The fraction of sp³-hybridized carbons (Fsp3) is 0.485. The van der Waals surface area contributed by atoms with Crippen LogP contribution in [-0.2, 0) is 21.2 Å². The number of rotatable bonds is 9. The minimum atomic E-state index is -4.49. The summed E-state index contributed by atoms with van der Waals surface area (Å²) in [5, 5.41) is 6.42. The van der Waals surface area contributed by atoms with Crippen LogP contribution in [0.5, 0.6) is 5.75 Å². The van der Waals surface area contributed by atoms with Crippen molar-refractivity contribution in [2.75, 3.05) is 44.6 Å². The molecule has 0 radical (unpaired) electrons. The number of methoxy groups -OCH3 is 1. The Morgan fingerprint density at radius 3 is 2.36 bits per heavy atom. The van der Waals surface area contributed by atoms with E-state index in [1.807, 2.05) is 0 Å². The second kappa shape index (κ2) is 15.5. The summed E-state index contributed by atoms with van der Waals surface area (Å²) in [6.45, 7) is -1.18. The average molecular weight is 651 g/mol. The minimum Gasteiger partial charge on any atom is -0.495 e. The van der Waals surface area contributed by atoms with E-state index in [4.69, 9.17) is 4.74 Å². The third-order valence-electron chi connectivity index (χ3n) is 7.76. The molecule has 45 heavy (non-hydrogen) atoms. The lowest BCUT2D eigenvalue weighted by Crippen LogP contribution is -2.33. The molecule has 8 nitrogen and oxygen atoms in total. The van der Waals surface area contributed by atoms with Crippen molar-refractivity contribution in [3.8, 4) is 17.6 Å². The van der Waals surface area contributed by atoms with Gasteiger partial charge in [-0.3, -0.25) is 4.79 Å². The van der Waals surface area contributed by atoms with Crippen molar-refractivity contribution in [3.63, 3.8) is 0 Å². The number of carbonyl (C=O) groups is 1. The van der Waals surface area contributed by atoms with Gasteiger partial charge < -0.3 is 24.8 Å². The number of sulfone groups is 1. The van der Waals surface area contributed by atoms with E-state index >= 15 is 0 Å². The number of hydrogen-bond donors (Lipinski definition) is 2. The van der Waals surface area contributed by atoms with Crippen molar-refractivity contribution in [3.05, 3.63) is 48.2 Å². The van der Waals surface area contributed by atoms with Crippen molar-refractivity contribution < 1.29 is 31.1 Å². The number of fused-ring (bicyclic) bond motifs is 1. The Morgan fingerprint density at radius 2 is 1.76 bits per heavy atom. The van der Waals surface area contributed by atoms with E-state index in [1.165, 1.54) is 19.2 Å². The fourth-order valence-electron chi connectivity index (χ4n) is 5.50. The highest BCUT2D eigenvalue weighted by atomic mass is 32.2. The molecule has 0 bridgehead atoms. The summed E-state index contributed by atoms with van der Waals surface area (Å²) in [5.41, 5.74) is 1.40. The summed E-state index contributed by atoms with van der Waals surface area (Å²) >= 11 is 0. The minimum absolute atomic E-state index is 0. The van der Waals surface area contributed by atoms with Gasteiger partial charge in [-0.1, -0.05) is 26.8 Å². The molecule has 1 fully saturated rings. The van der Waals surface area contributed by atoms with Crippen LogP contribution >= 0.6 is 0 Å². The first-order valence-corrected chi connectivity index (χ1v) is 15.9. The molecule has 0 spiro atoms. The highest BCUT2D eigenvalue weighted by molar-refractivity contribution is 7.90. The summed E-state index contributed by atoms with van der Waals surface area (Å²) in [4.78, 5) is 15.3. The zero-order valence-electron chi connectivity index (χ0n) is 24.7. The number of aromatic nitrogens is 1. The second-order valence-electron chi connectivity index (χ2n) is 11.1. The van der Waals surface area contributed by atoms with E-state index in [0.29, 0.717) is 40.5 Å². The number of amides is 1. The molecule has 1 aliphatic rings. The summed E-state index contributed by atoms with van der Waals surface area (Å²) < 4.78 is 70.8. The van der Waals surface area contributed by atoms with Gasteiger partial charge in [0.1, 0.15) is 12.3 Å². The lowest BCUT2D eigenvalue weighted by molar-refractivity contribution is -0.140. The number of ether oxygens (including phenoxy) is 1. The maximum Gasteiger partial charge on any atom is 0.406 e. The number of alkyl halides is 3. The van der Waals surface area contributed by atoms with Crippen LogP contribution in [0.4, 0.5) is 24.5 Å². The van der Waals surface area contributed by atoms with Gasteiger partial charge >= 0.3 is 6.18 Å². The van der Waals surface area contributed by atoms with Gasteiger partial charge in [-0.2, -0.15) is 13.2 Å². The van der Waals surface area contributed by atoms with E-state index in [1.54, 1.807) is 30.3 Å². The molecule has 4 rings (SSSR count). The molecule has 1 heterocycles. The molecule has 1 aliphatic carbocycles. The third-order valence-corrected chi connectivity index (χ3v) is 8.87. The topological polar surface area (TPSA) is 92.7 Å². The van der Waals surface area contributed by atoms with Crippen molar-refractivity contribution >= 4 is 38.0 Å². The van der Waals surface area contributed by atoms with Crippen LogP contribution in [0, 0.1) is 17.8 Å². The molecular formula is C33H45F3N4O4S. The Kier molecular flexibility index (Phi) is 12.9. The van der Waals surface area contributed by atoms with Crippen LogP contribution in [0.2, 0.25) is 0 Å². The summed E-state index contributed by atoms with van der Waals surface area (Å²) in [7, 11) is 2.11. The summed E-state index contributed by atoms with van der Waals surface area (Å²) in [6, 6.07) is 11.3. The summed E-state index contributed by atoms with van der Waals surface area (Å²) in [6.07, 6.45) is 0.974. The number of carbonyl (C=O) groups excluding carboxylic acids is 1. The number of anilines is 2. The molecular weight excluding hydrogens is 605 g/mol. The van der Waals surface area contributed by atoms with E-state index in [9.17, 15) is 26.4 Å². The predicted octanol–water partition coefficient (Wildman–Crippen LogP) is 6.80. The number of halogens is 3. The molecule has 3 aromatic rings. The van der Waals surface area contributed by atoms with E-state index in [2.05, 4.69) is 41.5 Å². The average Bonchev–Trinajstić information content (AvgIpc) is 3.27. The number of hydrogen-bond acceptors (Lipinski definition) is 6. The standard InChI is InChI=1S/C31H37F3N4O4S.2CH4/c1-37(2)22-12-10-21(11-13-22)17-30(39)36-26-8-5-9-28-25(26)18-23(38(28)20-31(32,33)34)7-6-16-35-27-15-14-24(43(4,40)41)19-29(27)42-3;;/h5,8-9,14-15,18-19,21-22,35H,10-13,16-17,20H2,1-4H3,(H,36,39);2*1H4. The fourth-order valence-corrected chi connectivity index (χ4v) is 6.13. The predicted molar refractivity (Wildman–Crippen MR) is 176 cm³/mol. The zero-order chi connectivity index (χ0) is 31.4. The van der Waals surface area contributed by atoms with Crippen molar-refractivity contribution in [2.24, 2.45) is 5.92 Å². The lowest BCUT2D eigenvalue weighted by Gasteiger charge is -2.32. The van der Waals surface area contributed by atoms with E-state index in [-0.39, 0.29) is 43.8 Å². The number of nitrogens with zero attached hydrogens (tertiary/aromatic N) is 2. The van der Waals surface area contributed by atoms with E-state index in [0.717, 1.165) is 36.5 Å². The van der Waals surface area contributed by atoms with Crippen LogP contribution in [0.15, 0.2) is 47.4 Å². The normalized spacial score (nSPS) is 16.6. The van der Waals surface area contributed by atoms with Crippen LogP contribution in [0.25, 0.3) is 10.9 Å². The molecule has 0 unspecified atom stereocenters. The molecule has 0 saturated heterocycles. The van der Waals surface area contributed by atoms with Gasteiger partial charge in [0.25, 0.3) is 0 Å². The van der Waals surface area contributed by atoms with Crippen LogP contribution in [-0.4, -0.2) is 70.0 Å². The number of benzene rings is 2.